The summed E-state index contributed by atoms with van der Waals surface area (Å²) in [5.74, 6) is -1.50. The SMILES string of the molecule is Cc1ccc(F)cc1NC(=O)CN1C(=O)CC(c2ccc(F)cc2)=Nc2cccnc21. The van der Waals surface area contributed by atoms with E-state index in [4.69, 9.17) is 0 Å². The molecule has 0 spiro atoms. The predicted octanol–water partition coefficient (Wildman–Crippen LogP) is 4.16. The Bertz CT molecular complexity index is 1190. The average Bonchev–Trinajstić information content (AvgIpc) is 2.88. The quantitative estimate of drug-likeness (QED) is 0.689. The second kappa shape index (κ2) is 8.43. The molecule has 2 amide bonds. The van der Waals surface area contributed by atoms with E-state index in [1.54, 1.807) is 37.3 Å². The van der Waals surface area contributed by atoms with Gasteiger partial charge in [-0.15, -0.1) is 0 Å². The third-order valence-electron chi connectivity index (χ3n) is 4.85. The molecule has 156 valence electrons. The number of aliphatic imine (C=N–C) groups is 1. The molecule has 6 nitrogen and oxygen atoms in total. The van der Waals surface area contributed by atoms with Gasteiger partial charge in [0, 0.05) is 11.9 Å². The summed E-state index contributed by atoms with van der Waals surface area (Å²) in [5.41, 5.74) is 2.49. The molecule has 0 atom stereocenters. The van der Waals surface area contributed by atoms with E-state index < -0.39 is 17.5 Å². The smallest absolute Gasteiger partial charge is 0.244 e. The first-order valence-corrected chi connectivity index (χ1v) is 9.55. The second-order valence-electron chi connectivity index (χ2n) is 7.08. The van der Waals surface area contributed by atoms with E-state index in [0.29, 0.717) is 28.2 Å². The largest absolute Gasteiger partial charge is 0.324 e. The van der Waals surface area contributed by atoms with Gasteiger partial charge in [0.25, 0.3) is 0 Å². The summed E-state index contributed by atoms with van der Waals surface area (Å²) in [6.07, 6.45) is 1.42. The maximum Gasteiger partial charge on any atom is 0.244 e. The van der Waals surface area contributed by atoms with Gasteiger partial charge in [-0.1, -0.05) is 18.2 Å². The van der Waals surface area contributed by atoms with Crippen molar-refractivity contribution in [3.8, 4) is 0 Å². The number of nitrogens with one attached hydrogen (secondary N) is 1. The number of hydrogen-bond acceptors (Lipinski definition) is 4. The first-order valence-electron chi connectivity index (χ1n) is 9.55. The standard InChI is InChI=1S/C23H18F2N4O2/c1-14-4-7-17(25)11-19(14)28-21(30)13-29-22(31)12-20(15-5-8-16(24)9-6-15)27-18-3-2-10-26-23(18)29/h2-11H,12-13H2,1H3,(H,28,30). The van der Waals surface area contributed by atoms with Crippen LogP contribution in [0.5, 0.6) is 0 Å². The highest BCUT2D eigenvalue weighted by Gasteiger charge is 2.28. The minimum atomic E-state index is -0.496. The highest BCUT2D eigenvalue weighted by atomic mass is 19.1. The van der Waals surface area contributed by atoms with Crippen molar-refractivity contribution in [3.05, 3.63) is 83.6 Å². The summed E-state index contributed by atoms with van der Waals surface area (Å²) in [7, 11) is 0. The van der Waals surface area contributed by atoms with Crippen LogP contribution in [0.3, 0.4) is 0 Å². The summed E-state index contributed by atoms with van der Waals surface area (Å²) in [4.78, 5) is 35.7. The van der Waals surface area contributed by atoms with Crippen molar-refractivity contribution >= 4 is 34.7 Å². The molecule has 2 heterocycles. The number of carbonyl (C=O) groups excluding carboxylic acids is 2. The van der Waals surface area contributed by atoms with Crippen molar-refractivity contribution in [3.63, 3.8) is 0 Å². The minimum Gasteiger partial charge on any atom is -0.324 e. The number of amides is 2. The number of nitrogens with zero attached hydrogens (tertiary/aromatic N) is 3. The Morgan fingerprint density at radius 1 is 1.10 bits per heavy atom. The maximum atomic E-state index is 13.5. The van der Waals surface area contributed by atoms with Crippen molar-refractivity contribution in [1.82, 2.24) is 4.98 Å². The number of halogens is 2. The normalized spacial score (nSPS) is 13.3. The summed E-state index contributed by atoms with van der Waals surface area (Å²) >= 11 is 0. The topological polar surface area (TPSA) is 74.7 Å². The lowest BCUT2D eigenvalue weighted by atomic mass is 10.1. The van der Waals surface area contributed by atoms with E-state index in [1.165, 1.54) is 35.4 Å². The highest BCUT2D eigenvalue weighted by molar-refractivity contribution is 6.18. The van der Waals surface area contributed by atoms with Gasteiger partial charge in [0.05, 0.1) is 12.1 Å². The van der Waals surface area contributed by atoms with Gasteiger partial charge in [-0.25, -0.2) is 18.8 Å². The molecule has 8 heteroatoms. The van der Waals surface area contributed by atoms with Gasteiger partial charge >= 0.3 is 0 Å². The van der Waals surface area contributed by atoms with E-state index in [2.05, 4.69) is 15.3 Å². The van der Waals surface area contributed by atoms with Gasteiger partial charge in [-0.3, -0.25) is 14.5 Å². The highest BCUT2D eigenvalue weighted by Crippen LogP contribution is 2.31. The molecule has 0 bridgehead atoms. The molecule has 0 radical (unpaired) electrons. The second-order valence-corrected chi connectivity index (χ2v) is 7.08. The van der Waals surface area contributed by atoms with Crippen LogP contribution in [0.25, 0.3) is 0 Å². The molecule has 0 fully saturated rings. The number of pyridine rings is 1. The molecule has 0 unspecified atom stereocenters. The molecular formula is C23H18F2N4O2. The van der Waals surface area contributed by atoms with Crippen molar-refractivity contribution in [1.29, 1.82) is 0 Å². The van der Waals surface area contributed by atoms with Crippen LogP contribution in [-0.2, 0) is 9.59 Å². The zero-order valence-electron chi connectivity index (χ0n) is 16.6. The third-order valence-corrected chi connectivity index (χ3v) is 4.85. The van der Waals surface area contributed by atoms with E-state index in [-0.39, 0.29) is 24.7 Å². The molecule has 4 rings (SSSR count). The molecule has 1 aliphatic rings. The maximum absolute atomic E-state index is 13.5. The fourth-order valence-electron chi connectivity index (χ4n) is 3.26. The third kappa shape index (κ3) is 4.48. The summed E-state index contributed by atoms with van der Waals surface area (Å²) in [5, 5.41) is 2.64. The Kier molecular flexibility index (Phi) is 5.53. The minimum absolute atomic E-state index is 0.0890. The van der Waals surface area contributed by atoms with Crippen LogP contribution in [0.1, 0.15) is 17.5 Å². The van der Waals surface area contributed by atoms with Crippen LogP contribution in [0.2, 0.25) is 0 Å². The zero-order valence-corrected chi connectivity index (χ0v) is 16.6. The lowest BCUT2D eigenvalue weighted by molar-refractivity contribution is -0.120. The molecule has 0 aliphatic carbocycles. The molecule has 0 saturated carbocycles. The molecule has 1 aromatic heterocycles. The van der Waals surface area contributed by atoms with Crippen LogP contribution in [0.4, 0.5) is 26.0 Å². The Labute approximate surface area is 177 Å². The average molecular weight is 420 g/mol. The Balaban J connectivity index is 1.61. The molecule has 1 N–H and O–H groups in total. The number of aryl methyl sites for hydroxylation is 1. The monoisotopic (exact) mass is 420 g/mol. The summed E-state index contributed by atoms with van der Waals surface area (Å²) in [6, 6.07) is 13.1. The molecule has 1 aliphatic heterocycles. The van der Waals surface area contributed by atoms with Gasteiger partial charge in [-0.05, 0) is 54.4 Å². The molecular weight excluding hydrogens is 402 g/mol. The lowest BCUT2D eigenvalue weighted by Gasteiger charge is -2.21. The summed E-state index contributed by atoms with van der Waals surface area (Å²) < 4.78 is 26.8. The predicted molar refractivity (Wildman–Crippen MR) is 114 cm³/mol. The molecule has 2 aromatic carbocycles. The number of benzene rings is 2. The van der Waals surface area contributed by atoms with Gasteiger partial charge in [-0.2, -0.15) is 0 Å². The Hall–Kier alpha value is -3.94. The first-order chi connectivity index (χ1) is 14.9. The van der Waals surface area contributed by atoms with Gasteiger partial charge in [0.15, 0.2) is 5.82 Å². The number of aromatic nitrogens is 1. The Morgan fingerprint density at radius 2 is 1.84 bits per heavy atom. The number of rotatable bonds is 4. The van der Waals surface area contributed by atoms with Crippen LogP contribution in [-0.4, -0.2) is 29.1 Å². The van der Waals surface area contributed by atoms with Gasteiger partial charge in [0.2, 0.25) is 11.8 Å². The fourth-order valence-corrected chi connectivity index (χ4v) is 3.26. The van der Waals surface area contributed by atoms with E-state index >= 15 is 0 Å². The van der Waals surface area contributed by atoms with Crippen LogP contribution < -0.4 is 10.2 Å². The number of hydrogen-bond donors (Lipinski definition) is 1. The van der Waals surface area contributed by atoms with Crippen molar-refractivity contribution in [2.75, 3.05) is 16.8 Å². The van der Waals surface area contributed by atoms with E-state index in [9.17, 15) is 18.4 Å². The summed E-state index contributed by atoms with van der Waals surface area (Å²) in [6.45, 7) is 1.43. The van der Waals surface area contributed by atoms with Gasteiger partial charge in [0.1, 0.15) is 23.9 Å². The molecule has 3 aromatic rings. The molecule has 31 heavy (non-hydrogen) atoms. The van der Waals surface area contributed by atoms with E-state index in [0.717, 1.165) is 0 Å². The zero-order chi connectivity index (χ0) is 22.0. The van der Waals surface area contributed by atoms with Crippen molar-refractivity contribution < 1.29 is 18.4 Å². The molecule has 0 saturated heterocycles. The number of fused-ring (bicyclic) bond motifs is 1. The van der Waals surface area contributed by atoms with Gasteiger partial charge < -0.3 is 5.32 Å². The fraction of sp³-hybridized carbons (Fsp3) is 0.130. The van der Waals surface area contributed by atoms with Crippen LogP contribution in [0, 0.1) is 18.6 Å². The first kappa shape index (κ1) is 20.3. The Morgan fingerprint density at radius 3 is 2.61 bits per heavy atom. The number of anilines is 2. The van der Waals surface area contributed by atoms with Crippen LogP contribution in [0.15, 0.2) is 65.8 Å². The van der Waals surface area contributed by atoms with Crippen LogP contribution >= 0.6 is 0 Å². The lowest BCUT2D eigenvalue weighted by Crippen LogP contribution is -2.39. The van der Waals surface area contributed by atoms with E-state index in [1.807, 2.05) is 0 Å². The number of carbonyl (C=O) groups is 2. The van der Waals surface area contributed by atoms with Crippen molar-refractivity contribution in [2.24, 2.45) is 4.99 Å². The van der Waals surface area contributed by atoms with Crippen molar-refractivity contribution in [2.45, 2.75) is 13.3 Å².